The second kappa shape index (κ2) is 4.01. The van der Waals surface area contributed by atoms with Crippen LogP contribution in [-0.2, 0) is 11.8 Å². The van der Waals surface area contributed by atoms with Gasteiger partial charge in [-0.3, -0.25) is 10.1 Å². The fraction of sp³-hybridized carbons (Fsp3) is 0.100. The summed E-state index contributed by atoms with van der Waals surface area (Å²) in [6, 6.07) is 1.60. The number of anilines is 1. The van der Waals surface area contributed by atoms with E-state index in [2.05, 4.69) is 22.0 Å². The number of hydrogen-bond acceptors (Lipinski definition) is 4. The molecule has 0 bridgehead atoms. The van der Waals surface area contributed by atoms with Gasteiger partial charge < -0.3 is 9.09 Å². The van der Waals surface area contributed by atoms with Crippen LogP contribution in [0.1, 0.15) is 0 Å². The molecule has 1 N–H and O–H groups in total. The highest BCUT2D eigenvalue weighted by Gasteiger charge is 2.10. The summed E-state index contributed by atoms with van der Waals surface area (Å²) in [5.41, 5.74) is 0.562. The Hall–Kier alpha value is -2.37. The van der Waals surface area contributed by atoms with Gasteiger partial charge in [-0.25, -0.2) is 4.98 Å². The third kappa shape index (κ3) is 1.85. The van der Waals surface area contributed by atoms with Crippen LogP contribution in [0.25, 0.3) is 11.5 Å². The fourth-order valence-electron chi connectivity index (χ4n) is 1.22. The molecule has 0 unspecified atom stereocenters. The number of rotatable bonds is 3. The normalized spacial score (nSPS) is 10.1. The van der Waals surface area contributed by atoms with E-state index >= 15 is 0 Å². The number of nitrogens with one attached hydrogen (secondary N) is 1. The van der Waals surface area contributed by atoms with E-state index in [-0.39, 0.29) is 11.8 Å². The lowest BCUT2D eigenvalue weighted by Gasteiger charge is -1.94. The van der Waals surface area contributed by atoms with Crippen molar-refractivity contribution in [3.05, 3.63) is 31.1 Å². The number of imidazole rings is 1. The number of aryl methyl sites for hydroxylation is 1. The van der Waals surface area contributed by atoms with Gasteiger partial charge in [0, 0.05) is 25.5 Å². The lowest BCUT2D eigenvalue weighted by molar-refractivity contribution is -0.112. The first-order valence-electron chi connectivity index (χ1n) is 4.58. The third-order valence-corrected chi connectivity index (χ3v) is 1.99. The van der Waals surface area contributed by atoms with Gasteiger partial charge in [0.25, 0.3) is 0 Å². The zero-order valence-electron chi connectivity index (χ0n) is 8.67. The summed E-state index contributed by atoms with van der Waals surface area (Å²) in [5, 5.41) is 6.27. The lowest BCUT2D eigenvalue weighted by Crippen LogP contribution is -2.05. The molecule has 0 aliphatic rings. The lowest BCUT2D eigenvalue weighted by atomic mass is 10.4. The molecule has 0 saturated carbocycles. The summed E-state index contributed by atoms with van der Waals surface area (Å²) >= 11 is 0. The van der Waals surface area contributed by atoms with Crippen LogP contribution in [0.4, 0.5) is 5.88 Å². The van der Waals surface area contributed by atoms with Crippen LogP contribution in [0, 0.1) is 0 Å². The van der Waals surface area contributed by atoms with Crippen molar-refractivity contribution in [2.24, 2.45) is 7.05 Å². The molecule has 1 amide bonds. The summed E-state index contributed by atoms with van der Waals surface area (Å²) in [7, 11) is 1.85. The number of hydrogen-bond donors (Lipinski definition) is 1. The molecule has 82 valence electrons. The van der Waals surface area contributed by atoms with Gasteiger partial charge in [0.1, 0.15) is 0 Å². The molecule has 6 heteroatoms. The highest BCUT2D eigenvalue weighted by Crippen LogP contribution is 2.19. The molecule has 2 aromatic heterocycles. The van der Waals surface area contributed by atoms with Crippen LogP contribution in [0.2, 0.25) is 0 Å². The maximum absolute atomic E-state index is 11.0. The van der Waals surface area contributed by atoms with Crippen molar-refractivity contribution < 1.29 is 9.32 Å². The molecule has 0 atom stereocenters. The number of carbonyl (C=O) groups excluding carboxylic acids is 1. The molecule has 16 heavy (non-hydrogen) atoms. The van der Waals surface area contributed by atoms with Gasteiger partial charge in [-0.2, -0.15) is 0 Å². The van der Waals surface area contributed by atoms with Gasteiger partial charge in [-0.1, -0.05) is 11.7 Å². The van der Waals surface area contributed by atoms with Crippen molar-refractivity contribution in [2.45, 2.75) is 0 Å². The maximum atomic E-state index is 11.0. The topological polar surface area (TPSA) is 73.0 Å². The van der Waals surface area contributed by atoms with E-state index in [4.69, 9.17) is 4.52 Å². The van der Waals surface area contributed by atoms with Crippen LogP contribution < -0.4 is 5.32 Å². The standard InChI is InChI=1S/C10H10N4O2/c1-3-8(15)12-9-6-7(13-16-9)10-11-4-5-14(10)2/h3-6H,1H2,2H3,(H,12,15). The van der Waals surface area contributed by atoms with Gasteiger partial charge in [0.15, 0.2) is 11.5 Å². The second-order valence-electron chi connectivity index (χ2n) is 3.13. The van der Waals surface area contributed by atoms with Gasteiger partial charge in [0.2, 0.25) is 11.8 Å². The number of nitrogens with zero attached hydrogens (tertiary/aromatic N) is 3. The molecule has 2 heterocycles. The molecular formula is C10H10N4O2. The predicted molar refractivity (Wildman–Crippen MR) is 57.5 cm³/mol. The molecular weight excluding hydrogens is 208 g/mol. The zero-order chi connectivity index (χ0) is 11.5. The van der Waals surface area contributed by atoms with Gasteiger partial charge in [0.05, 0.1) is 0 Å². The summed E-state index contributed by atoms with van der Waals surface area (Å²) in [6.45, 7) is 3.34. The Morgan fingerprint density at radius 1 is 1.69 bits per heavy atom. The molecule has 2 rings (SSSR count). The highest BCUT2D eigenvalue weighted by molar-refractivity contribution is 5.98. The Bertz CT molecular complexity index is 526. The van der Waals surface area contributed by atoms with Crippen molar-refractivity contribution in [3.8, 4) is 11.5 Å². The molecule has 0 radical (unpaired) electrons. The predicted octanol–water partition coefficient (Wildman–Crippen LogP) is 1.20. The number of amides is 1. The van der Waals surface area contributed by atoms with Crippen LogP contribution >= 0.6 is 0 Å². The molecule has 0 saturated heterocycles. The molecule has 2 aromatic rings. The smallest absolute Gasteiger partial charge is 0.250 e. The molecule has 0 aliphatic heterocycles. The van der Waals surface area contributed by atoms with Crippen molar-refractivity contribution in [1.82, 2.24) is 14.7 Å². The van der Waals surface area contributed by atoms with Crippen molar-refractivity contribution in [1.29, 1.82) is 0 Å². The van der Waals surface area contributed by atoms with E-state index in [1.807, 2.05) is 7.05 Å². The van der Waals surface area contributed by atoms with Gasteiger partial charge >= 0.3 is 0 Å². The van der Waals surface area contributed by atoms with Crippen molar-refractivity contribution in [2.75, 3.05) is 5.32 Å². The van der Waals surface area contributed by atoms with E-state index in [0.29, 0.717) is 11.5 Å². The minimum absolute atomic E-state index is 0.267. The monoisotopic (exact) mass is 218 g/mol. The van der Waals surface area contributed by atoms with Gasteiger partial charge in [-0.15, -0.1) is 0 Å². The van der Waals surface area contributed by atoms with Crippen LogP contribution in [0.5, 0.6) is 0 Å². The van der Waals surface area contributed by atoms with E-state index < -0.39 is 0 Å². The van der Waals surface area contributed by atoms with E-state index in [1.54, 1.807) is 23.0 Å². The SMILES string of the molecule is C=CC(=O)Nc1cc(-c2nccn2C)no1. The maximum Gasteiger partial charge on any atom is 0.250 e. The molecule has 6 nitrogen and oxygen atoms in total. The minimum atomic E-state index is -0.345. The summed E-state index contributed by atoms with van der Waals surface area (Å²) in [5.74, 6) is 0.591. The Balaban J connectivity index is 2.23. The first kappa shape index (κ1) is 10.2. The Labute approximate surface area is 91.6 Å². The van der Waals surface area contributed by atoms with E-state index in [9.17, 15) is 4.79 Å². The highest BCUT2D eigenvalue weighted by atomic mass is 16.5. The van der Waals surface area contributed by atoms with Crippen molar-refractivity contribution >= 4 is 11.8 Å². The minimum Gasteiger partial charge on any atom is -0.338 e. The summed E-state index contributed by atoms with van der Waals surface area (Å²) in [6.07, 6.45) is 4.61. The van der Waals surface area contributed by atoms with Gasteiger partial charge in [-0.05, 0) is 6.08 Å². The van der Waals surface area contributed by atoms with Crippen LogP contribution in [0.3, 0.4) is 0 Å². The van der Waals surface area contributed by atoms with E-state index in [0.717, 1.165) is 6.08 Å². The number of carbonyl (C=O) groups is 1. The second-order valence-corrected chi connectivity index (χ2v) is 3.13. The fourth-order valence-corrected chi connectivity index (χ4v) is 1.22. The molecule has 0 aliphatic carbocycles. The average Bonchev–Trinajstić information content (AvgIpc) is 2.86. The Kier molecular flexibility index (Phi) is 2.55. The zero-order valence-corrected chi connectivity index (χ0v) is 8.67. The molecule has 0 fully saturated rings. The quantitative estimate of drug-likeness (QED) is 0.785. The van der Waals surface area contributed by atoms with Crippen LogP contribution in [-0.4, -0.2) is 20.6 Å². The molecule has 0 spiro atoms. The Morgan fingerprint density at radius 2 is 2.50 bits per heavy atom. The molecule has 0 aromatic carbocycles. The average molecular weight is 218 g/mol. The summed E-state index contributed by atoms with van der Waals surface area (Å²) in [4.78, 5) is 15.1. The van der Waals surface area contributed by atoms with Crippen molar-refractivity contribution in [3.63, 3.8) is 0 Å². The first-order valence-corrected chi connectivity index (χ1v) is 4.58. The summed E-state index contributed by atoms with van der Waals surface area (Å²) < 4.78 is 6.74. The van der Waals surface area contributed by atoms with Crippen LogP contribution in [0.15, 0.2) is 35.6 Å². The first-order chi connectivity index (χ1) is 7.70. The Morgan fingerprint density at radius 3 is 3.12 bits per heavy atom. The largest absolute Gasteiger partial charge is 0.338 e. The number of aromatic nitrogens is 3. The third-order valence-electron chi connectivity index (χ3n) is 1.99. The van der Waals surface area contributed by atoms with E-state index in [1.165, 1.54) is 0 Å².